The second-order valence-electron chi connectivity index (χ2n) is 3.05. The van der Waals surface area contributed by atoms with Crippen LogP contribution in [0.4, 0.5) is 0 Å². The highest BCUT2D eigenvalue weighted by Crippen LogP contribution is 2.08. The van der Waals surface area contributed by atoms with E-state index in [2.05, 4.69) is 5.32 Å². The van der Waals surface area contributed by atoms with Crippen molar-refractivity contribution >= 4 is 24.8 Å². The summed E-state index contributed by atoms with van der Waals surface area (Å²) in [5.74, 6) is 0. The van der Waals surface area contributed by atoms with Crippen LogP contribution in [0.1, 0.15) is 12.8 Å². The zero-order chi connectivity index (χ0) is 8.81. The first-order valence-electron chi connectivity index (χ1n) is 4.51. The molecule has 0 amide bonds. The van der Waals surface area contributed by atoms with Crippen molar-refractivity contribution in [2.24, 2.45) is 0 Å². The van der Waals surface area contributed by atoms with Crippen molar-refractivity contribution in [1.82, 2.24) is 10.4 Å². The second kappa shape index (κ2) is 9.96. The number of hydrogen-bond acceptors (Lipinski definition) is 4. The van der Waals surface area contributed by atoms with Crippen molar-refractivity contribution in [2.75, 3.05) is 33.4 Å². The SMILES string of the molecule is CON1CCNCC1CCCO.Cl.Cl. The van der Waals surface area contributed by atoms with Gasteiger partial charge < -0.3 is 15.3 Å². The molecule has 88 valence electrons. The van der Waals surface area contributed by atoms with Gasteiger partial charge >= 0.3 is 0 Å². The highest BCUT2D eigenvalue weighted by molar-refractivity contribution is 5.85. The molecule has 14 heavy (non-hydrogen) atoms. The Labute approximate surface area is 97.8 Å². The lowest BCUT2D eigenvalue weighted by atomic mass is 10.1. The molecule has 0 aromatic rings. The second-order valence-corrected chi connectivity index (χ2v) is 3.05. The van der Waals surface area contributed by atoms with Gasteiger partial charge in [0.2, 0.25) is 0 Å². The molecule has 0 saturated carbocycles. The molecule has 4 nitrogen and oxygen atoms in total. The van der Waals surface area contributed by atoms with Gasteiger partial charge in [-0.2, -0.15) is 5.06 Å². The fraction of sp³-hybridized carbons (Fsp3) is 1.00. The average Bonchev–Trinajstić information content (AvgIpc) is 2.15. The largest absolute Gasteiger partial charge is 0.396 e. The monoisotopic (exact) mass is 246 g/mol. The minimum absolute atomic E-state index is 0. The summed E-state index contributed by atoms with van der Waals surface area (Å²) in [5, 5.41) is 14.0. The fourth-order valence-corrected chi connectivity index (χ4v) is 1.56. The third-order valence-electron chi connectivity index (χ3n) is 2.23. The predicted octanol–water partition coefficient (Wildman–Crippen LogP) is 0.438. The molecule has 1 aliphatic rings. The molecule has 6 heteroatoms. The molecule has 0 spiro atoms. The Morgan fingerprint density at radius 3 is 2.79 bits per heavy atom. The normalized spacial score (nSPS) is 22.3. The van der Waals surface area contributed by atoms with Crippen molar-refractivity contribution in [2.45, 2.75) is 18.9 Å². The maximum absolute atomic E-state index is 8.68. The van der Waals surface area contributed by atoms with Crippen molar-refractivity contribution in [3.63, 3.8) is 0 Å². The van der Waals surface area contributed by atoms with Crippen LogP contribution >= 0.6 is 24.8 Å². The Morgan fingerprint density at radius 2 is 2.21 bits per heavy atom. The molecule has 2 N–H and O–H groups in total. The van der Waals surface area contributed by atoms with E-state index in [4.69, 9.17) is 9.94 Å². The van der Waals surface area contributed by atoms with Crippen molar-refractivity contribution < 1.29 is 9.94 Å². The molecule has 1 atom stereocenters. The Balaban J connectivity index is 0. The van der Waals surface area contributed by atoms with E-state index in [-0.39, 0.29) is 31.4 Å². The van der Waals surface area contributed by atoms with Gasteiger partial charge in [-0.25, -0.2) is 0 Å². The Hall–Kier alpha value is 0.420. The van der Waals surface area contributed by atoms with Gasteiger partial charge in [-0.3, -0.25) is 0 Å². The Morgan fingerprint density at radius 1 is 1.50 bits per heavy atom. The number of nitrogens with zero attached hydrogens (tertiary/aromatic N) is 1. The van der Waals surface area contributed by atoms with E-state index in [1.165, 1.54) is 0 Å². The summed E-state index contributed by atoms with van der Waals surface area (Å²) >= 11 is 0. The van der Waals surface area contributed by atoms with Gasteiger partial charge in [-0.1, -0.05) is 0 Å². The van der Waals surface area contributed by atoms with Crippen LogP contribution in [0.15, 0.2) is 0 Å². The molecule has 0 radical (unpaired) electrons. The van der Waals surface area contributed by atoms with Crippen molar-refractivity contribution in [3.05, 3.63) is 0 Å². The highest BCUT2D eigenvalue weighted by atomic mass is 35.5. The molecule has 1 saturated heterocycles. The zero-order valence-corrected chi connectivity index (χ0v) is 10.1. The van der Waals surface area contributed by atoms with Crippen LogP contribution in [0.5, 0.6) is 0 Å². The third kappa shape index (κ3) is 5.34. The molecule has 0 aromatic heterocycles. The van der Waals surface area contributed by atoms with Gasteiger partial charge in [0.05, 0.1) is 7.11 Å². The molecular formula is C8H20Cl2N2O2. The summed E-state index contributed by atoms with van der Waals surface area (Å²) in [6, 6.07) is 0.427. The quantitative estimate of drug-likeness (QED) is 0.756. The van der Waals surface area contributed by atoms with E-state index in [0.717, 1.165) is 32.5 Å². The maximum Gasteiger partial charge on any atom is 0.0575 e. The van der Waals surface area contributed by atoms with Gasteiger partial charge in [0, 0.05) is 32.3 Å². The van der Waals surface area contributed by atoms with Crippen molar-refractivity contribution in [1.29, 1.82) is 0 Å². The molecule has 1 fully saturated rings. The van der Waals surface area contributed by atoms with Gasteiger partial charge in [0.1, 0.15) is 0 Å². The first kappa shape index (κ1) is 16.8. The first-order valence-corrected chi connectivity index (χ1v) is 4.51. The minimum atomic E-state index is 0. The van der Waals surface area contributed by atoms with Crippen LogP contribution in [0.2, 0.25) is 0 Å². The van der Waals surface area contributed by atoms with Gasteiger partial charge in [0.15, 0.2) is 0 Å². The number of hydroxylamine groups is 2. The van der Waals surface area contributed by atoms with Gasteiger partial charge in [0.25, 0.3) is 0 Å². The topological polar surface area (TPSA) is 44.7 Å². The molecule has 0 bridgehead atoms. The minimum Gasteiger partial charge on any atom is -0.396 e. The van der Waals surface area contributed by atoms with Crippen LogP contribution in [-0.2, 0) is 4.84 Å². The van der Waals surface area contributed by atoms with Crippen LogP contribution in [-0.4, -0.2) is 49.6 Å². The molecule has 0 aliphatic carbocycles. The summed E-state index contributed by atoms with van der Waals surface area (Å²) in [7, 11) is 1.71. The number of piperazine rings is 1. The highest BCUT2D eigenvalue weighted by Gasteiger charge is 2.20. The predicted molar refractivity (Wildman–Crippen MR) is 61.2 cm³/mol. The standard InChI is InChI=1S/C8H18N2O2.2ClH/c1-12-10-5-4-9-7-8(10)3-2-6-11;;/h8-9,11H,2-7H2,1H3;2*1H. The van der Waals surface area contributed by atoms with E-state index >= 15 is 0 Å². The Bertz CT molecular complexity index is 130. The molecule has 1 unspecified atom stereocenters. The molecule has 0 aromatic carbocycles. The van der Waals surface area contributed by atoms with E-state index in [0.29, 0.717) is 6.04 Å². The van der Waals surface area contributed by atoms with Crippen LogP contribution in [0.3, 0.4) is 0 Å². The summed E-state index contributed by atoms with van der Waals surface area (Å²) in [6.07, 6.45) is 1.85. The Kier molecular flexibility index (Phi) is 12.0. The van der Waals surface area contributed by atoms with E-state index in [1.807, 2.05) is 5.06 Å². The smallest absolute Gasteiger partial charge is 0.0575 e. The lowest BCUT2D eigenvalue weighted by Crippen LogP contribution is -2.50. The number of aliphatic hydroxyl groups excluding tert-OH is 1. The molecule has 1 rings (SSSR count). The number of halogens is 2. The summed E-state index contributed by atoms with van der Waals surface area (Å²) in [6.45, 7) is 3.16. The first-order chi connectivity index (χ1) is 5.88. The number of nitrogens with one attached hydrogen (secondary N) is 1. The maximum atomic E-state index is 8.68. The van der Waals surface area contributed by atoms with Gasteiger partial charge in [-0.15, -0.1) is 24.8 Å². The number of hydrogen-bond donors (Lipinski definition) is 2. The molecule has 1 heterocycles. The van der Waals surface area contributed by atoms with E-state index in [1.54, 1.807) is 7.11 Å². The lowest BCUT2D eigenvalue weighted by Gasteiger charge is -2.33. The average molecular weight is 247 g/mol. The lowest BCUT2D eigenvalue weighted by molar-refractivity contribution is -0.171. The summed E-state index contributed by atoms with van der Waals surface area (Å²) in [4.78, 5) is 5.21. The van der Waals surface area contributed by atoms with Crippen LogP contribution < -0.4 is 5.32 Å². The molecular weight excluding hydrogens is 227 g/mol. The zero-order valence-electron chi connectivity index (χ0n) is 8.44. The number of aliphatic hydroxyl groups is 1. The van der Waals surface area contributed by atoms with Crippen LogP contribution in [0, 0.1) is 0 Å². The summed E-state index contributed by atoms with van der Waals surface area (Å²) in [5.41, 5.74) is 0. The van der Waals surface area contributed by atoms with E-state index in [9.17, 15) is 0 Å². The van der Waals surface area contributed by atoms with E-state index < -0.39 is 0 Å². The summed E-state index contributed by atoms with van der Waals surface area (Å²) < 4.78 is 0. The fourth-order valence-electron chi connectivity index (χ4n) is 1.56. The van der Waals surface area contributed by atoms with Gasteiger partial charge in [-0.05, 0) is 12.8 Å². The third-order valence-corrected chi connectivity index (χ3v) is 2.23. The van der Waals surface area contributed by atoms with Crippen molar-refractivity contribution in [3.8, 4) is 0 Å². The molecule has 1 aliphatic heterocycles. The number of rotatable bonds is 4. The van der Waals surface area contributed by atoms with Crippen LogP contribution in [0.25, 0.3) is 0 Å².